The average molecular weight is 603 g/mol. The van der Waals surface area contributed by atoms with Gasteiger partial charge in [0.05, 0.1) is 12.0 Å². The Morgan fingerprint density at radius 1 is 0.814 bits per heavy atom. The number of methoxy groups -OCH3 is 1. The number of benzene rings is 4. The molecule has 1 fully saturated rings. The van der Waals surface area contributed by atoms with E-state index in [1.807, 2.05) is 75.4 Å². The van der Waals surface area contributed by atoms with Crippen LogP contribution in [0.1, 0.15) is 51.2 Å². The highest BCUT2D eigenvalue weighted by atomic mass is 32.2. The highest BCUT2D eigenvalue weighted by Crippen LogP contribution is 2.37. The fourth-order valence-corrected chi connectivity index (χ4v) is 6.80. The lowest BCUT2D eigenvalue weighted by atomic mass is 9.99. The molecule has 0 aromatic heterocycles. The normalized spacial score (nSPS) is 14.5. The molecular weight excluding hydrogens is 560 g/mol. The molecule has 228 valence electrons. The van der Waals surface area contributed by atoms with Gasteiger partial charge in [0.15, 0.2) is 0 Å². The summed E-state index contributed by atoms with van der Waals surface area (Å²) in [6, 6.07) is 24.8. The zero-order chi connectivity index (χ0) is 30.5. The third-order valence-electron chi connectivity index (χ3n) is 7.50. The van der Waals surface area contributed by atoms with E-state index in [0.29, 0.717) is 18.8 Å². The molecule has 4 aromatic rings. The molecule has 0 aliphatic carbocycles. The van der Waals surface area contributed by atoms with Crippen LogP contribution in [0.25, 0.3) is 10.8 Å². The van der Waals surface area contributed by atoms with Crippen molar-refractivity contribution in [2.24, 2.45) is 0 Å². The van der Waals surface area contributed by atoms with Crippen molar-refractivity contribution in [1.29, 1.82) is 0 Å². The van der Waals surface area contributed by atoms with Crippen LogP contribution in [0.5, 0.6) is 23.0 Å². The molecule has 0 saturated carbocycles. The van der Waals surface area contributed by atoms with Crippen molar-refractivity contribution in [3.8, 4) is 23.0 Å². The maximum Gasteiger partial charge on any atom is 0.241 e. The highest BCUT2D eigenvalue weighted by Gasteiger charge is 2.22. The first-order chi connectivity index (χ1) is 20.6. The van der Waals surface area contributed by atoms with Crippen molar-refractivity contribution in [2.45, 2.75) is 56.9 Å². The molecule has 0 amide bonds. The van der Waals surface area contributed by atoms with Gasteiger partial charge < -0.3 is 14.2 Å². The number of rotatable bonds is 11. The van der Waals surface area contributed by atoms with E-state index in [0.717, 1.165) is 58.8 Å². The van der Waals surface area contributed by atoms with E-state index in [1.165, 1.54) is 19.3 Å². The first-order valence-electron chi connectivity index (χ1n) is 15.0. The third kappa shape index (κ3) is 8.28. The van der Waals surface area contributed by atoms with Crippen molar-refractivity contribution in [2.75, 3.05) is 33.4 Å². The Labute approximate surface area is 255 Å². The van der Waals surface area contributed by atoms with Crippen molar-refractivity contribution >= 4 is 20.8 Å². The Balaban J connectivity index is 1.35. The van der Waals surface area contributed by atoms with E-state index in [2.05, 4.69) is 21.8 Å². The predicted octanol–water partition coefficient (Wildman–Crippen LogP) is 7.17. The number of ether oxygens (including phenoxy) is 3. The molecule has 1 saturated heterocycles. The lowest BCUT2D eigenvalue weighted by molar-refractivity contribution is 0.183. The maximum absolute atomic E-state index is 12.8. The summed E-state index contributed by atoms with van der Waals surface area (Å²) in [5.41, 5.74) is 1.40. The van der Waals surface area contributed by atoms with Gasteiger partial charge in [0.25, 0.3) is 0 Å². The van der Waals surface area contributed by atoms with Crippen LogP contribution < -0.4 is 18.9 Å². The van der Waals surface area contributed by atoms with Crippen LogP contribution in [0.15, 0.2) is 83.8 Å². The standard InChI is InChI=1S/C35H42N2O5S/c1-35(2,3)36-43(38,39)32-17-8-26(9-18-32)24-28-11-10-27-25-31(40-4)16-19-33(27)34(28)42-30-14-12-29(13-15-30)41-23-22-37-20-6-5-7-21-37/h8-19,25,36H,5-7,20-24H2,1-4H3. The lowest BCUT2D eigenvalue weighted by Crippen LogP contribution is -2.40. The van der Waals surface area contributed by atoms with E-state index in [-0.39, 0.29) is 4.90 Å². The zero-order valence-corrected chi connectivity index (χ0v) is 26.4. The van der Waals surface area contributed by atoms with Gasteiger partial charge in [-0.1, -0.05) is 30.7 Å². The minimum Gasteiger partial charge on any atom is -0.497 e. The second kappa shape index (κ2) is 13.4. The maximum atomic E-state index is 12.8. The summed E-state index contributed by atoms with van der Waals surface area (Å²) >= 11 is 0. The van der Waals surface area contributed by atoms with E-state index >= 15 is 0 Å². The Hall–Kier alpha value is -3.59. The van der Waals surface area contributed by atoms with Gasteiger partial charge in [-0.3, -0.25) is 4.90 Å². The summed E-state index contributed by atoms with van der Waals surface area (Å²) in [5, 5.41) is 1.97. The van der Waals surface area contributed by atoms with Gasteiger partial charge in [-0.2, -0.15) is 0 Å². The quantitative estimate of drug-likeness (QED) is 0.196. The molecule has 8 heteroatoms. The number of hydrogen-bond donors (Lipinski definition) is 1. The van der Waals surface area contributed by atoms with Crippen LogP contribution in [-0.4, -0.2) is 52.2 Å². The van der Waals surface area contributed by atoms with E-state index in [9.17, 15) is 8.42 Å². The van der Waals surface area contributed by atoms with Gasteiger partial charge in [0.2, 0.25) is 10.0 Å². The summed E-state index contributed by atoms with van der Waals surface area (Å²) in [5.74, 6) is 3.06. The topological polar surface area (TPSA) is 77.1 Å². The average Bonchev–Trinajstić information content (AvgIpc) is 2.98. The Bertz CT molecular complexity index is 1620. The van der Waals surface area contributed by atoms with Crippen LogP contribution in [-0.2, 0) is 16.4 Å². The number of likely N-dealkylation sites (tertiary alicyclic amines) is 1. The van der Waals surface area contributed by atoms with E-state index in [1.54, 1.807) is 19.2 Å². The van der Waals surface area contributed by atoms with Crippen LogP contribution in [0.2, 0.25) is 0 Å². The minimum atomic E-state index is -3.61. The lowest BCUT2D eigenvalue weighted by Gasteiger charge is -2.26. The molecule has 0 bridgehead atoms. The van der Waals surface area contributed by atoms with Gasteiger partial charge >= 0.3 is 0 Å². The molecule has 43 heavy (non-hydrogen) atoms. The number of nitrogens with zero attached hydrogens (tertiary/aromatic N) is 1. The summed E-state index contributed by atoms with van der Waals surface area (Å²) in [4.78, 5) is 2.71. The predicted molar refractivity (Wildman–Crippen MR) is 172 cm³/mol. The van der Waals surface area contributed by atoms with Crippen LogP contribution in [0, 0.1) is 0 Å². The number of piperidine rings is 1. The molecular formula is C35H42N2O5S. The van der Waals surface area contributed by atoms with Gasteiger partial charge in [0.1, 0.15) is 29.6 Å². The third-order valence-corrected chi connectivity index (χ3v) is 9.27. The number of nitrogens with one attached hydrogen (secondary N) is 1. The molecule has 4 aromatic carbocycles. The molecule has 7 nitrogen and oxygen atoms in total. The van der Waals surface area contributed by atoms with Crippen molar-refractivity contribution < 1.29 is 22.6 Å². The van der Waals surface area contributed by atoms with Crippen LogP contribution in [0.3, 0.4) is 0 Å². The largest absolute Gasteiger partial charge is 0.497 e. The summed E-state index contributed by atoms with van der Waals surface area (Å²) < 4.78 is 46.3. The van der Waals surface area contributed by atoms with Crippen LogP contribution >= 0.6 is 0 Å². The Kier molecular flexibility index (Phi) is 9.59. The van der Waals surface area contributed by atoms with E-state index < -0.39 is 15.6 Å². The number of fused-ring (bicyclic) bond motifs is 1. The zero-order valence-electron chi connectivity index (χ0n) is 25.6. The minimum absolute atomic E-state index is 0.242. The number of hydrogen-bond acceptors (Lipinski definition) is 6. The highest BCUT2D eigenvalue weighted by molar-refractivity contribution is 7.89. The first kappa shape index (κ1) is 30.9. The molecule has 1 aliphatic heterocycles. The monoisotopic (exact) mass is 602 g/mol. The first-order valence-corrected chi connectivity index (χ1v) is 16.4. The Morgan fingerprint density at radius 2 is 1.49 bits per heavy atom. The van der Waals surface area contributed by atoms with Crippen LogP contribution in [0.4, 0.5) is 0 Å². The van der Waals surface area contributed by atoms with Crippen molar-refractivity contribution in [1.82, 2.24) is 9.62 Å². The second-order valence-corrected chi connectivity index (χ2v) is 13.8. The van der Waals surface area contributed by atoms with E-state index in [4.69, 9.17) is 14.2 Å². The fourth-order valence-electron chi connectivity index (χ4n) is 5.38. The summed E-state index contributed by atoms with van der Waals surface area (Å²) in [7, 11) is -1.95. The van der Waals surface area contributed by atoms with Gasteiger partial charge in [-0.25, -0.2) is 13.1 Å². The molecule has 1 heterocycles. The molecule has 5 rings (SSSR count). The second-order valence-electron chi connectivity index (χ2n) is 12.1. The summed E-state index contributed by atoms with van der Waals surface area (Å²) in [6.45, 7) is 9.41. The molecule has 0 atom stereocenters. The van der Waals surface area contributed by atoms with Crippen molar-refractivity contribution in [3.63, 3.8) is 0 Å². The Morgan fingerprint density at radius 3 is 2.16 bits per heavy atom. The molecule has 0 spiro atoms. The SMILES string of the molecule is COc1ccc2c(Oc3ccc(OCCN4CCCCC4)cc3)c(Cc3ccc(S(=O)(=O)NC(C)(C)C)cc3)ccc2c1. The van der Waals surface area contributed by atoms with Gasteiger partial charge in [0, 0.05) is 23.9 Å². The molecule has 1 aliphatic rings. The molecule has 0 unspecified atom stereocenters. The molecule has 1 N–H and O–H groups in total. The van der Waals surface area contributed by atoms with Crippen molar-refractivity contribution in [3.05, 3.63) is 90.0 Å². The smallest absolute Gasteiger partial charge is 0.241 e. The molecule has 0 radical (unpaired) electrons. The fraction of sp³-hybridized carbons (Fsp3) is 0.371. The van der Waals surface area contributed by atoms with Gasteiger partial charge in [-0.05, 0) is 118 Å². The summed E-state index contributed by atoms with van der Waals surface area (Å²) in [6.07, 6.45) is 4.45. The number of sulfonamides is 1. The van der Waals surface area contributed by atoms with Gasteiger partial charge in [-0.15, -0.1) is 0 Å².